The summed E-state index contributed by atoms with van der Waals surface area (Å²) in [6.07, 6.45) is 6.07. The van der Waals surface area contributed by atoms with Crippen molar-refractivity contribution < 1.29 is 4.74 Å². The zero-order valence-electron chi connectivity index (χ0n) is 11.6. The van der Waals surface area contributed by atoms with E-state index in [1.54, 1.807) is 12.4 Å². The highest BCUT2D eigenvalue weighted by Crippen LogP contribution is 2.31. The van der Waals surface area contributed by atoms with E-state index in [4.69, 9.17) is 9.72 Å². The Kier molecular flexibility index (Phi) is 3.11. The van der Waals surface area contributed by atoms with E-state index >= 15 is 0 Å². The molecule has 0 radical (unpaired) electrons. The molecule has 1 fully saturated rings. The average molecular weight is 284 g/mol. The molecule has 0 amide bonds. The largest absolute Gasteiger partial charge is 0.378 e. The van der Waals surface area contributed by atoms with Gasteiger partial charge in [0.15, 0.2) is 0 Å². The molecule has 0 aromatic carbocycles. The van der Waals surface area contributed by atoms with Crippen LogP contribution in [0.25, 0.3) is 11.3 Å². The zero-order chi connectivity index (χ0) is 14.1. The molecule has 7 nitrogen and oxygen atoms in total. The molecule has 2 aromatic heterocycles. The molecule has 0 spiro atoms. The van der Waals surface area contributed by atoms with Crippen LogP contribution in [0.15, 0.2) is 18.7 Å². The number of aromatic nitrogens is 4. The van der Waals surface area contributed by atoms with Gasteiger partial charge in [-0.2, -0.15) is 4.98 Å². The average Bonchev–Trinajstić information content (AvgIpc) is 3.04. The smallest absolute Gasteiger partial charge is 0.228 e. The third kappa shape index (κ3) is 2.29. The lowest BCUT2D eigenvalue weighted by Crippen LogP contribution is -2.37. The van der Waals surface area contributed by atoms with Gasteiger partial charge >= 0.3 is 0 Å². The van der Waals surface area contributed by atoms with Crippen molar-refractivity contribution >= 4 is 11.8 Å². The summed E-state index contributed by atoms with van der Waals surface area (Å²) >= 11 is 0. The SMILES string of the molecule is c1ncc(-c2nc(N3CCOCC3)nc3c2CCN3)cn1. The van der Waals surface area contributed by atoms with Crippen LogP contribution in [-0.2, 0) is 11.2 Å². The Morgan fingerprint density at radius 2 is 1.90 bits per heavy atom. The number of morpholine rings is 1. The van der Waals surface area contributed by atoms with Crippen molar-refractivity contribution in [3.63, 3.8) is 0 Å². The lowest BCUT2D eigenvalue weighted by molar-refractivity contribution is 0.122. The molecule has 0 atom stereocenters. The molecule has 0 unspecified atom stereocenters. The Bertz CT molecular complexity index is 641. The van der Waals surface area contributed by atoms with Crippen molar-refractivity contribution in [2.75, 3.05) is 43.1 Å². The summed E-state index contributed by atoms with van der Waals surface area (Å²) in [5.41, 5.74) is 3.03. The third-order valence-electron chi connectivity index (χ3n) is 3.79. The third-order valence-corrected chi connectivity index (χ3v) is 3.79. The van der Waals surface area contributed by atoms with E-state index in [2.05, 4.69) is 25.2 Å². The molecule has 0 aliphatic carbocycles. The normalized spacial score (nSPS) is 17.4. The van der Waals surface area contributed by atoms with Gasteiger partial charge in [-0.3, -0.25) is 0 Å². The lowest BCUT2D eigenvalue weighted by Gasteiger charge is -2.27. The Hall–Kier alpha value is -2.28. The van der Waals surface area contributed by atoms with Crippen LogP contribution in [0.1, 0.15) is 5.56 Å². The van der Waals surface area contributed by atoms with Crippen molar-refractivity contribution in [3.05, 3.63) is 24.3 Å². The number of rotatable bonds is 2. The van der Waals surface area contributed by atoms with E-state index in [-0.39, 0.29) is 0 Å². The van der Waals surface area contributed by atoms with Gasteiger partial charge in [-0.25, -0.2) is 15.0 Å². The molecule has 7 heteroatoms. The van der Waals surface area contributed by atoms with Gasteiger partial charge in [0.1, 0.15) is 12.1 Å². The Morgan fingerprint density at radius 3 is 2.71 bits per heavy atom. The minimum absolute atomic E-state index is 0.720. The first kappa shape index (κ1) is 12.5. The summed E-state index contributed by atoms with van der Waals surface area (Å²) in [5.74, 6) is 1.69. The Labute approximate surface area is 122 Å². The molecule has 1 saturated heterocycles. The molecule has 1 N–H and O–H groups in total. The summed E-state index contributed by atoms with van der Waals surface area (Å²) in [4.78, 5) is 19.8. The Balaban J connectivity index is 1.80. The van der Waals surface area contributed by atoms with E-state index in [0.717, 1.165) is 67.9 Å². The van der Waals surface area contributed by atoms with Gasteiger partial charge in [0.2, 0.25) is 5.95 Å². The second-order valence-electron chi connectivity index (χ2n) is 5.10. The maximum atomic E-state index is 5.40. The maximum Gasteiger partial charge on any atom is 0.228 e. The lowest BCUT2D eigenvalue weighted by atomic mass is 10.1. The molecule has 4 heterocycles. The summed E-state index contributed by atoms with van der Waals surface area (Å²) in [6, 6.07) is 0. The van der Waals surface area contributed by atoms with Crippen LogP contribution in [0.2, 0.25) is 0 Å². The highest BCUT2D eigenvalue weighted by atomic mass is 16.5. The minimum atomic E-state index is 0.720. The number of nitrogens with one attached hydrogen (secondary N) is 1. The number of nitrogens with zero attached hydrogens (tertiary/aromatic N) is 5. The van der Waals surface area contributed by atoms with Crippen LogP contribution in [-0.4, -0.2) is 52.8 Å². The van der Waals surface area contributed by atoms with Crippen LogP contribution in [0.5, 0.6) is 0 Å². The molecule has 0 bridgehead atoms. The van der Waals surface area contributed by atoms with E-state index in [1.165, 1.54) is 6.33 Å². The summed E-state index contributed by atoms with van der Waals surface area (Å²) in [7, 11) is 0. The first-order chi connectivity index (χ1) is 10.4. The predicted octanol–water partition coefficient (Wildman–Crippen LogP) is 0.738. The number of fused-ring (bicyclic) bond motifs is 1. The highest BCUT2D eigenvalue weighted by Gasteiger charge is 2.23. The van der Waals surface area contributed by atoms with Crippen LogP contribution in [0.4, 0.5) is 11.8 Å². The summed E-state index contributed by atoms with van der Waals surface area (Å²) < 4.78 is 5.40. The topological polar surface area (TPSA) is 76.1 Å². The second kappa shape index (κ2) is 5.25. The minimum Gasteiger partial charge on any atom is -0.378 e. The number of anilines is 2. The van der Waals surface area contributed by atoms with Crippen molar-refractivity contribution in [2.45, 2.75) is 6.42 Å². The standard InChI is InChI=1S/C14H16N6O/c1-2-17-13-11(1)12(10-7-15-9-16-8-10)18-14(19-13)20-3-5-21-6-4-20/h7-9H,1-6H2,(H,17,18,19). The monoisotopic (exact) mass is 284 g/mol. The number of hydrogen-bond acceptors (Lipinski definition) is 7. The quantitative estimate of drug-likeness (QED) is 0.871. The molecule has 2 aromatic rings. The number of ether oxygens (including phenoxy) is 1. The fourth-order valence-corrected chi connectivity index (χ4v) is 2.73. The highest BCUT2D eigenvalue weighted by molar-refractivity contribution is 5.71. The van der Waals surface area contributed by atoms with Crippen LogP contribution in [0.3, 0.4) is 0 Å². The zero-order valence-corrected chi connectivity index (χ0v) is 11.6. The van der Waals surface area contributed by atoms with Crippen molar-refractivity contribution in [1.29, 1.82) is 0 Å². The van der Waals surface area contributed by atoms with Crippen molar-refractivity contribution in [1.82, 2.24) is 19.9 Å². The molecule has 0 saturated carbocycles. The molecular weight excluding hydrogens is 268 g/mol. The number of hydrogen-bond donors (Lipinski definition) is 1. The molecule has 2 aliphatic heterocycles. The first-order valence-corrected chi connectivity index (χ1v) is 7.15. The molecule has 2 aliphatic rings. The van der Waals surface area contributed by atoms with Gasteiger partial charge in [-0.05, 0) is 6.42 Å². The van der Waals surface area contributed by atoms with Crippen LogP contribution in [0, 0.1) is 0 Å². The summed E-state index contributed by atoms with van der Waals surface area (Å²) in [5, 5.41) is 3.34. The van der Waals surface area contributed by atoms with Gasteiger partial charge < -0.3 is 15.0 Å². The summed E-state index contributed by atoms with van der Waals surface area (Å²) in [6.45, 7) is 3.99. The van der Waals surface area contributed by atoms with Gasteiger partial charge in [0.25, 0.3) is 0 Å². The second-order valence-corrected chi connectivity index (χ2v) is 5.10. The Morgan fingerprint density at radius 1 is 1.10 bits per heavy atom. The fourth-order valence-electron chi connectivity index (χ4n) is 2.73. The van der Waals surface area contributed by atoms with E-state index < -0.39 is 0 Å². The maximum absolute atomic E-state index is 5.40. The van der Waals surface area contributed by atoms with Crippen LogP contribution < -0.4 is 10.2 Å². The predicted molar refractivity (Wildman–Crippen MR) is 78.3 cm³/mol. The van der Waals surface area contributed by atoms with E-state index in [9.17, 15) is 0 Å². The van der Waals surface area contributed by atoms with Gasteiger partial charge in [-0.1, -0.05) is 0 Å². The molecule has 21 heavy (non-hydrogen) atoms. The first-order valence-electron chi connectivity index (χ1n) is 7.15. The van der Waals surface area contributed by atoms with E-state index in [1.807, 2.05) is 0 Å². The van der Waals surface area contributed by atoms with Crippen molar-refractivity contribution in [3.8, 4) is 11.3 Å². The van der Waals surface area contributed by atoms with Gasteiger partial charge in [0.05, 0.1) is 18.9 Å². The van der Waals surface area contributed by atoms with Crippen LogP contribution >= 0.6 is 0 Å². The van der Waals surface area contributed by atoms with Gasteiger partial charge in [-0.15, -0.1) is 0 Å². The molecule has 108 valence electrons. The molecular formula is C14H16N6O. The van der Waals surface area contributed by atoms with Gasteiger partial charge in [0, 0.05) is 43.2 Å². The fraction of sp³-hybridized carbons (Fsp3) is 0.429. The van der Waals surface area contributed by atoms with Crippen molar-refractivity contribution in [2.24, 2.45) is 0 Å². The van der Waals surface area contributed by atoms with E-state index in [0.29, 0.717) is 0 Å². The molecule has 4 rings (SSSR count).